The lowest BCUT2D eigenvalue weighted by molar-refractivity contribution is 0.0522. The van der Waals surface area contributed by atoms with Gasteiger partial charge in [-0.15, -0.1) is 0 Å². The molecule has 0 aliphatic heterocycles. The van der Waals surface area contributed by atoms with Gasteiger partial charge in [0, 0.05) is 13.1 Å². The van der Waals surface area contributed by atoms with E-state index in [9.17, 15) is 4.79 Å². The van der Waals surface area contributed by atoms with Gasteiger partial charge in [0.2, 0.25) is 0 Å². The van der Waals surface area contributed by atoms with Crippen LogP contribution < -0.4 is 5.32 Å². The van der Waals surface area contributed by atoms with Gasteiger partial charge in [-0.25, -0.2) is 4.79 Å². The summed E-state index contributed by atoms with van der Waals surface area (Å²) in [5, 5.41) is 2.76. The van der Waals surface area contributed by atoms with Crippen molar-refractivity contribution in [2.45, 2.75) is 46.6 Å². The summed E-state index contributed by atoms with van der Waals surface area (Å²) in [5.74, 6) is 0. The average molecular weight is 230 g/mol. The van der Waals surface area contributed by atoms with Crippen molar-refractivity contribution in [3.63, 3.8) is 0 Å². The highest BCUT2D eigenvalue weighted by atomic mass is 16.6. The number of amides is 1. The van der Waals surface area contributed by atoms with Crippen LogP contribution in [0.4, 0.5) is 4.79 Å². The van der Waals surface area contributed by atoms with Crippen molar-refractivity contribution in [1.29, 1.82) is 0 Å². The summed E-state index contributed by atoms with van der Waals surface area (Å²) in [5.41, 5.74) is -0.419. The van der Waals surface area contributed by atoms with E-state index in [1.165, 1.54) is 0 Å². The van der Waals surface area contributed by atoms with Gasteiger partial charge in [-0.1, -0.05) is 13.8 Å². The number of likely N-dealkylation sites (N-methyl/N-ethyl adjacent to an activating group) is 1. The number of carbonyl (C=O) groups excluding carboxylic acids is 1. The highest BCUT2D eigenvalue weighted by Crippen LogP contribution is 2.06. The van der Waals surface area contributed by atoms with Crippen LogP contribution in [0.25, 0.3) is 0 Å². The Labute approximate surface area is 99.3 Å². The summed E-state index contributed by atoms with van der Waals surface area (Å²) in [6, 6.07) is 0. The zero-order valence-electron chi connectivity index (χ0n) is 11.3. The van der Waals surface area contributed by atoms with Gasteiger partial charge in [0.25, 0.3) is 0 Å². The standard InChI is InChI=1S/C12H26N2O2/c1-6-9-14(7-2)10-8-13-11(15)16-12(3,4)5/h6-10H2,1-5H3,(H,13,15). The van der Waals surface area contributed by atoms with Gasteiger partial charge in [-0.2, -0.15) is 0 Å². The quantitative estimate of drug-likeness (QED) is 0.761. The Hall–Kier alpha value is -0.770. The molecule has 0 aliphatic rings. The van der Waals surface area contributed by atoms with Gasteiger partial charge in [0.1, 0.15) is 5.60 Å². The first-order valence-electron chi connectivity index (χ1n) is 6.08. The second kappa shape index (κ2) is 7.49. The fraction of sp³-hybridized carbons (Fsp3) is 0.917. The van der Waals surface area contributed by atoms with Crippen LogP contribution in [-0.4, -0.2) is 42.8 Å². The third kappa shape index (κ3) is 8.53. The molecule has 4 heteroatoms. The first-order chi connectivity index (χ1) is 7.39. The fourth-order valence-corrected chi connectivity index (χ4v) is 1.37. The van der Waals surface area contributed by atoms with Gasteiger partial charge in [-0.3, -0.25) is 0 Å². The van der Waals surface area contributed by atoms with Crippen molar-refractivity contribution in [3.05, 3.63) is 0 Å². The number of carbonyl (C=O) groups is 1. The number of hydrogen-bond acceptors (Lipinski definition) is 3. The van der Waals surface area contributed by atoms with E-state index in [2.05, 4.69) is 24.1 Å². The lowest BCUT2D eigenvalue weighted by atomic mass is 10.2. The molecule has 0 radical (unpaired) electrons. The van der Waals surface area contributed by atoms with Crippen LogP contribution in [0, 0.1) is 0 Å². The number of hydrogen-bond donors (Lipinski definition) is 1. The minimum atomic E-state index is -0.419. The summed E-state index contributed by atoms with van der Waals surface area (Å²) in [6.07, 6.45) is 0.806. The largest absolute Gasteiger partial charge is 0.444 e. The van der Waals surface area contributed by atoms with Crippen molar-refractivity contribution in [2.24, 2.45) is 0 Å². The highest BCUT2D eigenvalue weighted by molar-refractivity contribution is 5.67. The van der Waals surface area contributed by atoms with Gasteiger partial charge in [0.15, 0.2) is 0 Å². The van der Waals surface area contributed by atoms with Crippen molar-refractivity contribution in [3.8, 4) is 0 Å². The Morgan fingerprint density at radius 1 is 1.25 bits per heavy atom. The molecule has 0 fully saturated rings. The maximum atomic E-state index is 11.3. The Balaban J connectivity index is 3.68. The van der Waals surface area contributed by atoms with Crippen molar-refractivity contribution < 1.29 is 9.53 Å². The van der Waals surface area contributed by atoms with Gasteiger partial charge in [-0.05, 0) is 40.3 Å². The summed E-state index contributed by atoms with van der Waals surface area (Å²) >= 11 is 0. The molecule has 0 rings (SSSR count). The van der Waals surface area contributed by atoms with E-state index in [0.29, 0.717) is 6.54 Å². The predicted molar refractivity (Wildman–Crippen MR) is 66.6 cm³/mol. The number of rotatable bonds is 6. The SMILES string of the molecule is CCCN(CC)CCNC(=O)OC(C)(C)C. The predicted octanol–water partition coefficient (Wildman–Crippen LogP) is 2.24. The molecule has 0 aromatic rings. The molecule has 0 spiro atoms. The maximum absolute atomic E-state index is 11.3. The lowest BCUT2D eigenvalue weighted by Gasteiger charge is -2.22. The first-order valence-corrected chi connectivity index (χ1v) is 6.08. The molecule has 4 nitrogen and oxygen atoms in total. The van der Waals surface area contributed by atoms with E-state index in [4.69, 9.17) is 4.74 Å². The van der Waals surface area contributed by atoms with E-state index in [0.717, 1.165) is 26.1 Å². The molecule has 16 heavy (non-hydrogen) atoms. The summed E-state index contributed by atoms with van der Waals surface area (Å²) in [6.45, 7) is 13.5. The average Bonchev–Trinajstić information content (AvgIpc) is 2.13. The molecule has 0 aromatic carbocycles. The molecule has 0 atom stereocenters. The second-order valence-electron chi connectivity index (χ2n) is 4.86. The zero-order chi connectivity index (χ0) is 12.6. The minimum absolute atomic E-state index is 0.333. The molecule has 0 saturated heterocycles. The normalized spacial score (nSPS) is 11.6. The van der Waals surface area contributed by atoms with E-state index >= 15 is 0 Å². The summed E-state index contributed by atoms with van der Waals surface area (Å²) in [4.78, 5) is 13.6. The number of ether oxygens (including phenoxy) is 1. The molecule has 0 aromatic heterocycles. The van der Waals surface area contributed by atoms with Gasteiger partial charge >= 0.3 is 6.09 Å². The summed E-state index contributed by atoms with van der Waals surface area (Å²) in [7, 11) is 0. The highest BCUT2D eigenvalue weighted by Gasteiger charge is 2.15. The molecule has 0 aliphatic carbocycles. The molecule has 96 valence electrons. The Bertz CT molecular complexity index is 200. The van der Waals surface area contributed by atoms with Crippen molar-refractivity contribution in [2.75, 3.05) is 26.2 Å². The third-order valence-corrected chi connectivity index (χ3v) is 2.08. The van der Waals surface area contributed by atoms with Crippen LogP contribution in [0.5, 0.6) is 0 Å². The van der Waals surface area contributed by atoms with Crippen LogP contribution in [0.2, 0.25) is 0 Å². The Kier molecular flexibility index (Phi) is 7.13. The zero-order valence-corrected chi connectivity index (χ0v) is 11.3. The van der Waals surface area contributed by atoms with Crippen molar-refractivity contribution in [1.82, 2.24) is 10.2 Å². The second-order valence-corrected chi connectivity index (χ2v) is 4.86. The van der Waals surface area contributed by atoms with E-state index in [1.54, 1.807) is 0 Å². The van der Waals surface area contributed by atoms with Gasteiger partial charge in [0.05, 0.1) is 0 Å². The van der Waals surface area contributed by atoms with E-state index in [-0.39, 0.29) is 6.09 Å². The van der Waals surface area contributed by atoms with Crippen molar-refractivity contribution >= 4 is 6.09 Å². The number of nitrogens with zero attached hydrogens (tertiary/aromatic N) is 1. The molecule has 0 unspecified atom stereocenters. The molecule has 1 amide bonds. The smallest absolute Gasteiger partial charge is 0.407 e. The lowest BCUT2D eigenvalue weighted by Crippen LogP contribution is -2.38. The van der Waals surface area contributed by atoms with Gasteiger partial charge < -0.3 is 15.0 Å². The minimum Gasteiger partial charge on any atom is -0.444 e. The van der Waals surface area contributed by atoms with Crippen LogP contribution in [0.1, 0.15) is 41.0 Å². The Morgan fingerprint density at radius 2 is 1.88 bits per heavy atom. The van der Waals surface area contributed by atoms with Crippen LogP contribution in [0.15, 0.2) is 0 Å². The number of nitrogens with one attached hydrogen (secondary N) is 1. The van der Waals surface area contributed by atoms with E-state index in [1.807, 2.05) is 20.8 Å². The number of alkyl carbamates (subject to hydrolysis) is 1. The molecular weight excluding hydrogens is 204 g/mol. The van der Waals surface area contributed by atoms with Crippen LogP contribution >= 0.6 is 0 Å². The molecule has 0 bridgehead atoms. The first kappa shape index (κ1) is 15.2. The van der Waals surface area contributed by atoms with Crippen LogP contribution in [-0.2, 0) is 4.74 Å². The molecular formula is C12H26N2O2. The third-order valence-electron chi connectivity index (χ3n) is 2.08. The Morgan fingerprint density at radius 3 is 2.31 bits per heavy atom. The van der Waals surface area contributed by atoms with E-state index < -0.39 is 5.60 Å². The molecule has 0 heterocycles. The fourth-order valence-electron chi connectivity index (χ4n) is 1.37. The summed E-state index contributed by atoms with van der Waals surface area (Å²) < 4.78 is 5.14. The monoisotopic (exact) mass is 230 g/mol. The molecule has 1 N–H and O–H groups in total. The maximum Gasteiger partial charge on any atom is 0.407 e. The van der Waals surface area contributed by atoms with Crippen LogP contribution in [0.3, 0.4) is 0 Å². The topological polar surface area (TPSA) is 41.6 Å². The molecule has 0 saturated carbocycles.